The van der Waals surface area contributed by atoms with E-state index in [4.69, 9.17) is 9.15 Å². The molecule has 1 aromatic rings. The third-order valence-corrected chi connectivity index (χ3v) is 3.00. The molecule has 0 aliphatic rings. The highest BCUT2D eigenvalue weighted by Crippen LogP contribution is 2.15. The normalized spacial score (nSPS) is 12.4. The van der Waals surface area contributed by atoms with Crippen LogP contribution in [0.4, 0.5) is 0 Å². The first-order valence-electron chi connectivity index (χ1n) is 7.08. The number of esters is 1. The topological polar surface area (TPSA) is 51.5 Å². The van der Waals surface area contributed by atoms with Gasteiger partial charge in [0.05, 0.1) is 12.6 Å². The zero-order valence-corrected chi connectivity index (χ0v) is 12.2. The van der Waals surface area contributed by atoms with E-state index in [9.17, 15) is 4.79 Å². The van der Waals surface area contributed by atoms with Gasteiger partial charge in [-0.2, -0.15) is 0 Å². The summed E-state index contributed by atoms with van der Waals surface area (Å²) >= 11 is 0. The second-order valence-electron chi connectivity index (χ2n) is 4.74. The molecule has 1 atom stereocenters. The van der Waals surface area contributed by atoms with Crippen LogP contribution in [-0.4, -0.2) is 19.1 Å². The summed E-state index contributed by atoms with van der Waals surface area (Å²) in [5, 5.41) is 3.42. The molecule has 0 aliphatic heterocycles. The molecule has 0 saturated heterocycles. The van der Waals surface area contributed by atoms with E-state index in [2.05, 4.69) is 12.2 Å². The van der Waals surface area contributed by atoms with Crippen LogP contribution < -0.4 is 5.32 Å². The summed E-state index contributed by atoms with van der Waals surface area (Å²) in [5.74, 6) is 1.83. The average Bonchev–Trinajstić information content (AvgIpc) is 2.80. The summed E-state index contributed by atoms with van der Waals surface area (Å²) in [7, 11) is 0. The molecule has 0 aromatic carbocycles. The van der Waals surface area contributed by atoms with Crippen molar-refractivity contribution in [2.75, 3.05) is 13.2 Å². The quantitative estimate of drug-likeness (QED) is 0.550. The summed E-state index contributed by atoms with van der Waals surface area (Å²) in [5.41, 5.74) is 0. The molecule has 0 spiro atoms. The highest BCUT2D eigenvalue weighted by atomic mass is 16.5. The Kier molecular flexibility index (Phi) is 7.26. The molecular weight excluding hydrogens is 242 g/mol. The van der Waals surface area contributed by atoms with E-state index in [1.165, 1.54) is 0 Å². The maximum Gasteiger partial charge on any atom is 0.305 e. The van der Waals surface area contributed by atoms with E-state index in [1.807, 2.05) is 26.0 Å². The predicted octanol–water partition coefficient (Wildman–Crippen LogP) is 3.36. The average molecular weight is 267 g/mol. The number of rotatable bonds is 9. The van der Waals surface area contributed by atoms with Gasteiger partial charge in [0.2, 0.25) is 0 Å². The van der Waals surface area contributed by atoms with E-state index in [0.29, 0.717) is 13.0 Å². The molecule has 108 valence electrons. The van der Waals surface area contributed by atoms with Crippen molar-refractivity contribution < 1.29 is 13.9 Å². The Labute approximate surface area is 115 Å². The Morgan fingerprint density at radius 1 is 1.37 bits per heavy atom. The lowest BCUT2D eigenvalue weighted by atomic mass is 10.2. The minimum absolute atomic E-state index is 0.0881. The first kappa shape index (κ1) is 15.8. The summed E-state index contributed by atoms with van der Waals surface area (Å²) in [6, 6.07) is 4.22. The van der Waals surface area contributed by atoms with Crippen LogP contribution in [-0.2, 0) is 9.53 Å². The summed E-state index contributed by atoms with van der Waals surface area (Å²) in [4.78, 5) is 11.1. The lowest BCUT2D eigenvalue weighted by molar-refractivity contribution is -0.143. The van der Waals surface area contributed by atoms with Crippen molar-refractivity contribution in [3.63, 3.8) is 0 Å². The van der Waals surface area contributed by atoms with E-state index < -0.39 is 0 Å². The van der Waals surface area contributed by atoms with Gasteiger partial charge in [0, 0.05) is 6.42 Å². The minimum Gasteiger partial charge on any atom is -0.466 e. The van der Waals surface area contributed by atoms with Crippen LogP contribution in [0.3, 0.4) is 0 Å². The zero-order chi connectivity index (χ0) is 14.1. The fraction of sp³-hybridized carbons (Fsp3) is 0.667. The van der Waals surface area contributed by atoms with Gasteiger partial charge in [0.1, 0.15) is 11.5 Å². The minimum atomic E-state index is -0.0881. The highest BCUT2D eigenvalue weighted by molar-refractivity contribution is 5.69. The molecule has 1 heterocycles. The Morgan fingerprint density at radius 3 is 2.79 bits per heavy atom. The van der Waals surface area contributed by atoms with Crippen LogP contribution in [0.1, 0.15) is 57.1 Å². The van der Waals surface area contributed by atoms with Gasteiger partial charge in [-0.1, -0.05) is 6.42 Å². The van der Waals surface area contributed by atoms with E-state index in [0.717, 1.165) is 37.3 Å². The zero-order valence-electron chi connectivity index (χ0n) is 12.2. The molecule has 0 radical (unpaired) electrons. The maximum atomic E-state index is 11.1. The molecule has 0 saturated carbocycles. The van der Waals surface area contributed by atoms with Crippen molar-refractivity contribution in [2.45, 2.75) is 52.5 Å². The molecule has 0 aliphatic carbocycles. The smallest absolute Gasteiger partial charge is 0.305 e. The first-order valence-corrected chi connectivity index (χ1v) is 7.08. The third-order valence-electron chi connectivity index (χ3n) is 3.00. The lowest BCUT2D eigenvalue weighted by Gasteiger charge is -2.11. The number of furan rings is 1. The first-order chi connectivity index (χ1) is 9.13. The van der Waals surface area contributed by atoms with Crippen molar-refractivity contribution in [1.29, 1.82) is 0 Å². The molecular formula is C15H25NO3. The van der Waals surface area contributed by atoms with Gasteiger partial charge in [-0.05, 0) is 52.3 Å². The van der Waals surface area contributed by atoms with Crippen molar-refractivity contribution >= 4 is 5.97 Å². The summed E-state index contributed by atoms with van der Waals surface area (Å²) < 4.78 is 10.4. The Hall–Kier alpha value is -1.29. The van der Waals surface area contributed by atoms with E-state index >= 15 is 0 Å². The van der Waals surface area contributed by atoms with E-state index in [-0.39, 0.29) is 12.0 Å². The monoisotopic (exact) mass is 267 g/mol. The second kappa shape index (κ2) is 8.75. The van der Waals surface area contributed by atoms with Crippen molar-refractivity contribution in [3.8, 4) is 0 Å². The van der Waals surface area contributed by atoms with Crippen LogP contribution in [0.5, 0.6) is 0 Å². The SMILES string of the molecule is CCOC(=O)CCCCCNC(C)c1ccc(C)o1. The van der Waals surface area contributed by atoms with Crippen LogP contribution in [0.25, 0.3) is 0 Å². The lowest BCUT2D eigenvalue weighted by Crippen LogP contribution is -2.19. The van der Waals surface area contributed by atoms with Gasteiger partial charge in [0.25, 0.3) is 0 Å². The molecule has 1 N–H and O–H groups in total. The Bertz CT molecular complexity index is 373. The number of carbonyl (C=O) groups excluding carboxylic acids is 1. The second-order valence-corrected chi connectivity index (χ2v) is 4.74. The van der Waals surface area contributed by atoms with Gasteiger partial charge in [-0.3, -0.25) is 4.79 Å². The van der Waals surface area contributed by atoms with Crippen LogP contribution in [0.15, 0.2) is 16.5 Å². The molecule has 0 amide bonds. The van der Waals surface area contributed by atoms with Crippen molar-refractivity contribution in [2.24, 2.45) is 0 Å². The third kappa shape index (κ3) is 6.43. The largest absolute Gasteiger partial charge is 0.466 e. The summed E-state index contributed by atoms with van der Waals surface area (Å²) in [6.07, 6.45) is 3.52. The van der Waals surface area contributed by atoms with E-state index in [1.54, 1.807) is 0 Å². The van der Waals surface area contributed by atoms with Gasteiger partial charge in [-0.25, -0.2) is 0 Å². The Morgan fingerprint density at radius 2 is 2.16 bits per heavy atom. The standard InChI is InChI=1S/C15H25NO3/c1-4-18-15(17)8-6-5-7-11-16-13(3)14-10-9-12(2)19-14/h9-10,13,16H,4-8,11H2,1-3H3. The molecule has 0 bridgehead atoms. The number of hydrogen-bond donors (Lipinski definition) is 1. The molecule has 1 rings (SSSR count). The molecule has 4 heteroatoms. The molecule has 19 heavy (non-hydrogen) atoms. The number of carbonyl (C=O) groups is 1. The number of nitrogens with one attached hydrogen (secondary N) is 1. The number of aryl methyl sites for hydroxylation is 1. The van der Waals surface area contributed by atoms with Gasteiger partial charge in [0.15, 0.2) is 0 Å². The maximum absolute atomic E-state index is 11.1. The predicted molar refractivity (Wildman–Crippen MR) is 75.0 cm³/mol. The van der Waals surface area contributed by atoms with Crippen molar-refractivity contribution in [1.82, 2.24) is 5.32 Å². The van der Waals surface area contributed by atoms with Gasteiger partial charge < -0.3 is 14.5 Å². The van der Waals surface area contributed by atoms with Crippen molar-refractivity contribution in [3.05, 3.63) is 23.7 Å². The van der Waals surface area contributed by atoms with Crippen LogP contribution in [0, 0.1) is 6.92 Å². The number of ether oxygens (including phenoxy) is 1. The van der Waals surface area contributed by atoms with Gasteiger partial charge in [-0.15, -0.1) is 0 Å². The number of unbranched alkanes of at least 4 members (excludes halogenated alkanes) is 2. The van der Waals surface area contributed by atoms with Crippen LogP contribution >= 0.6 is 0 Å². The van der Waals surface area contributed by atoms with Gasteiger partial charge >= 0.3 is 5.97 Å². The fourth-order valence-corrected chi connectivity index (χ4v) is 1.91. The number of hydrogen-bond acceptors (Lipinski definition) is 4. The fourth-order valence-electron chi connectivity index (χ4n) is 1.91. The molecule has 4 nitrogen and oxygen atoms in total. The molecule has 1 unspecified atom stereocenters. The van der Waals surface area contributed by atoms with Crippen LogP contribution in [0.2, 0.25) is 0 Å². The Balaban J connectivity index is 2.03. The summed E-state index contributed by atoms with van der Waals surface area (Å²) in [6.45, 7) is 7.28. The molecule has 0 fully saturated rings. The highest BCUT2D eigenvalue weighted by Gasteiger charge is 2.08. The molecule has 1 aromatic heterocycles.